The van der Waals surface area contributed by atoms with E-state index in [0.29, 0.717) is 24.6 Å². The topological polar surface area (TPSA) is 52.5 Å². The van der Waals surface area contributed by atoms with E-state index in [-0.39, 0.29) is 5.91 Å². The van der Waals surface area contributed by atoms with Gasteiger partial charge >= 0.3 is 0 Å². The quantitative estimate of drug-likeness (QED) is 0.112. The van der Waals surface area contributed by atoms with Crippen molar-refractivity contribution >= 4 is 52.0 Å². The maximum absolute atomic E-state index is 12.7. The van der Waals surface area contributed by atoms with E-state index in [2.05, 4.69) is 21.6 Å². The fraction of sp³-hybridized carbons (Fsp3) is 0.206. The molecule has 0 saturated heterocycles. The van der Waals surface area contributed by atoms with Gasteiger partial charge < -0.3 is 14.0 Å². The third-order valence-corrected chi connectivity index (χ3v) is 8.53. The molecule has 1 heterocycles. The lowest BCUT2D eigenvalue weighted by atomic mass is 10.1. The molecule has 0 unspecified atom stereocenters. The lowest BCUT2D eigenvalue weighted by Gasteiger charge is -2.10. The van der Waals surface area contributed by atoms with Gasteiger partial charge in [0.25, 0.3) is 0 Å². The van der Waals surface area contributed by atoms with E-state index in [0.717, 1.165) is 62.0 Å². The van der Waals surface area contributed by atoms with Crippen LogP contribution in [0.25, 0.3) is 10.9 Å². The summed E-state index contributed by atoms with van der Waals surface area (Å²) in [5.74, 6) is 2.32. The van der Waals surface area contributed by atoms with Crippen LogP contribution in [0.15, 0.2) is 96.0 Å². The highest BCUT2D eigenvalue weighted by Gasteiger charge is 2.12. The second-order valence-corrected chi connectivity index (χ2v) is 11.8. The molecule has 5 nitrogen and oxygen atoms in total. The van der Waals surface area contributed by atoms with E-state index in [1.807, 2.05) is 92.7 Å². The largest absolute Gasteiger partial charge is 0.494 e. The average molecular weight is 620 g/mol. The van der Waals surface area contributed by atoms with Crippen LogP contribution in [-0.2, 0) is 17.8 Å². The first-order valence-corrected chi connectivity index (χ1v) is 15.4. The Morgan fingerprint density at radius 2 is 1.60 bits per heavy atom. The predicted molar refractivity (Wildman–Crippen MR) is 173 cm³/mol. The fourth-order valence-electron chi connectivity index (χ4n) is 4.76. The van der Waals surface area contributed by atoms with Gasteiger partial charge in [-0.2, -0.15) is 0 Å². The van der Waals surface area contributed by atoms with Crippen LogP contribution in [0, 0.1) is 13.8 Å². The van der Waals surface area contributed by atoms with Crippen molar-refractivity contribution in [2.45, 2.75) is 44.6 Å². The van der Waals surface area contributed by atoms with Gasteiger partial charge in [-0.25, -0.2) is 0 Å². The molecular formula is C34H32Cl2N2O3S. The number of aryl methyl sites for hydroxylation is 4. The van der Waals surface area contributed by atoms with E-state index in [4.69, 9.17) is 32.7 Å². The fourth-order valence-corrected chi connectivity index (χ4v) is 5.64. The summed E-state index contributed by atoms with van der Waals surface area (Å²) in [6.07, 6.45) is 4.18. The number of aromatic nitrogens is 1. The zero-order chi connectivity index (χ0) is 29.5. The van der Waals surface area contributed by atoms with Crippen molar-refractivity contribution in [3.05, 3.63) is 118 Å². The molecule has 0 bridgehead atoms. The molecule has 5 aromatic rings. The van der Waals surface area contributed by atoms with E-state index >= 15 is 0 Å². The number of hydrogen-bond donors (Lipinski definition) is 1. The normalized spacial score (nSPS) is 11.0. The summed E-state index contributed by atoms with van der Waals surface area (Å²) < 4.78 is 16.9. The molecule has 0 fully saturated rings. The highest BCUT2D eigenvalue weighted by Crippen LogP contribution is 2.28. The molecule has 216 valence electrons. The van der Waals surface area contributed by atoms with E-state index < -0.39 is 0 Å². The summed E-state index contributed by atoms with van der Waals surface area (Å²) in [7, 11) is 0. The van der Waals surface area contributed by atoms with Crippen molar-refractivity contribution in [1.82, 2.24) is 9.29 Å². The smallest absolute Gasteiger partial charge is 0.231 e. The molecule has 8 heteroatoms. The van der Waals surface area contributed by atoms with Crippen molar-refractivity contribution in [2.24, 2.45) is 0 Å². The van der Waals surface area contributed by atoms with E-state index in [1.54, 1.807) is 0 Å². The number of fused-ring (bicyclic) bond motifs is 1. The molecule has 0 aliphatic heterocycles. The summed E-state index contributed by atoms with van der Waals surface area (Å²) in [6, 6.07) is 27.1. The van der Waals surface area contributed by atoms with Crippen LogP contribution in [0.2, 0.25) is 10.0 Å². The van der Waals surface area contributed by atoms with Gasteiger partial charge in [0.15, 0.2) is 0 Å². The summed E-state index contributed by atoms with van der Waals surface area (Å²) >= 11 is 13.9. The molecule has 0 aliphatic carbocycles. The molecular weight excluding hydrogens is 587 g/mol. The zero-order valence-corrected chi connectivity index (χ0v) is 25.9. The summed E-state index contributed by atoms with van der Waals surface area (Å²) in [5, 5.41) is 2.60. The minimum atomic E-state index is -0.0445. The predicted octanol–water partition coefficient (Wildman–Crippen LogP) is 9.58. The Morgan fingerprint density at radius 1 is 0.881 bits per heavy atom. The molecule has 1 N–H and O–H groups in total. The highest BCUT2D eigenvalue weighted by atomic mass is 35.5. The SMILES string of the molecule is Cc1cc(OCCCc2cn(CCC(=O)NSc3ccc(Oc4ccccc4)cc3)c3cc(Cl)ccc23)cc(C)c1Cl. The minimum absolute atomic E-state index is 0.0445. The number of nitrogens with one attached hydrogen (secondary N) is 1. The van der Waals surface area contributed by atoms with Gasteiger partial charge in [-0.15, -0.1) is 0 Å². The monoisotopic (exact) mass is 618 g/mol. The number of amides is 1. The van der Waals surface area contributed by atoms with Gasteiger partial charge in [-0.1, -0.05) is 47.5 Å². The number of rotatable bonds is 12. The minimum Gasteiger partial charge on any atom is -0.494 e. The van der Waals surface area contributed by atoms with Gasteiger partial charge in [-0.3, -0.25) is 9.52 Å². The molecule has 0 aliphatic rings. The van der Waals surface area contributed by atoms with Crippen LogP contribution in [0.4, 0.5) is 0 Å². The van der Waals surface area contributed by atoms with Crippen molar-refractivity contribution in [1.29, 1.82) is 0 Å². The number of hydrogen-bond acceptors (Lipinski definition) is 4. The maximum atomic E-state index is 12.7. The van der Waals surface area contributed by atoms with Crippen LogP contribution in [0.1, 0.15) is 29.5 Å². The van der Waals surface area contributed by atoms with Crippen LogP contribution in [-0.4, -0.2) is 17.1 Å². The Morgan fingerprint density at radius 3 is 2.33 bits per heavy atom. The Bertz CT molecular complexity index is 1650. The van der Waals surface area contributed by atoms with E-state index in [1.165, 1.54) is 17.5 Å². The van der Waals surface area contributed by atoms with Gasteiger partial charge in [0.2, 0.25) is 5.91 Å². The lowest BCUT2D eigenvalue weighted by Crippen LogP contribution is -2.17. The zero-order valence-electron chi connectivity index (χ0n) is 23.5. The Hall–Kier alpha value is -3.58. The van der Waals surface area contributed by atoms with Crippen LogP contribution in [0.3, 0.4) is 0 Å². The molecule has 0 saturated carbocycles. The van der Waals surface area contributed by atoms with Gasteiger partial charge in [0.05, 0.1) is 6.61 Å². The number of carbonyl (C=O) groups excluding carboxylic acids is 1. The van der Waals surface area contributed by atoms with Crippen LogP contribution < -0.4 is 14.2 Å². The molecule has 0 spiro atoms. The summed E-state index contributed by atoms with van der Waals surface area (Å²) in [5.41, 5.74) is 4.26. The van der Waals surface area contributed by atoms with Crippen LogP contribution >= 0.6 is 35.1 Å². The van der Waals surface area contributed by atoms with Crippen molar-refractivity contribution in [3.8, 4) is 17.2 Å². The van der Waals surface area contributed by atoms with Gasteiger partial charge in [-0.05, 0) is 116 Å². The molecule has 42 heavy (non-hydrogen) atoms. The third-order valence-electron chi connectivity index (χ3n) is 6.86. The third kappa shape index (κ3) is 7.82. The first-order valence-electron chi connectivity index (χ1n) is 13.8. The number of nitrogens with zero attached hydrogens (tertiary/aromatic N) is 1. The summed E-state index contributed by atoms with van der Waals surface area (Å²) in [6.45, 7) is 5.12. The van der Waals surface area contributed by atoms with Crippen molar-refractivity contribution < 1.29 is 14.3 Å². The number of ether oxygens (including phenoxy) is 2. The number of carbonyl (C=O) groups is 1. The molecule has 0 radical (unpaired) electrons. The van der Waals surface area contributed by atoms with Crippen LogP contribution in [0.5, 0.6) is 17.2 Å². The average Bonchev–Trinajstić information content (AvgIpc) is 3.33. The van der Waals surface area contributed by atoms with Crippen molar-refractivity contribution in [3.63, 3.8) is 0 Å². The second-order valence-electron chi connectivity index (χ2n) is 10.1. The first-order chi connectivity index (χ1) is 20.4. The lowest BCUT2D eigenvalue weighted by molar-refractivity contribution is -0.119. The number of para-hydroxylation sites is 1. The molecule has 1 aromatic heterocycles. The Kier molecular flexibility index (Phi) is 10.0. The molecule has 0 atom stereocenters. The standard InChI is InChI=1S/C34H32Cl2N2O3S/c1-23-19-29(20-24(2)34(23)36)40-18-6-7-25-22-38(32-21-26(35)10-15-31(25)32)17-16-33(39)37-42-30-13-11-28(12-14-30)41-27-8-4-3-5-9-27/h3-5,8-15,19-22H,6-7,16-18H2,1-2H3,(H,37,39). The summed E-state index contributed by atoms with van der Waals surface area (Å²) in [4.78, 5) is 13.6. The second kappa shape index (κ2) is 14.1. The Labute approximate surface area is 260 Å². The first kappa shape index (κ1) is 29.9. The Balaban J connectivity index is 1.13. The molecule has 4 aromatic carbocycles. The van der Waals surface area contributed by atoms with Crippen molar-refractivity contribution in [2.75, 3.05) is 6.61 Å². The van der Waals surface area contributed by atoms with Gasteiger partial charge in [0, 0.05) is 45.0 Å². The number of benzene rings is 4. The molecule has 5 rings (SSSR count). The number of halogens is 2. The van der Waals surface area contributed by atoms with E-state index in [9.17, 15) is 4.79 Å². The highest BCUT2D eigenvalue weighted by molar-refractivity contribution is 7.98. The maximum Gasteiger partial charge on any atom is 0.231 e. The molecule has 1 amide bonds. The van der Waals surface area contributed by atoms with Gasteiger partial charge in [0.1, 0.15) is 17.2 Å².